The molecule has 0 fully saturated rings. The van der Waals surface area contributed by atoms with E-state index in [2.05, 4.69) is 11.5 Å². The summed E-state index contributed by atoms with van der Waals surface area (Å²) in [6.07, 6.45) is 21.3. The van der Waals surface area contributed by atoms with Crippen molar-refractivity contribution < 1.29 is 14.1 Å². The molecule has 3 nitrogen and oxygen atoms in total. The Balaban J connectivity index is 1.79. The van der Waals surface area contributed by atoms with Gasteiger partial charge in [0.25, 0.3) is 0 Å². The standard InChI is InChI=1S/C23H40NO2/c1-2-3-4-5-6-7-8-9-10-11-12-14-18-23(25)26-22-17-21-24-19-15-13-16-20-24/h13,15-16,19-20H,2-12,14,17-18,21-22H2,1H3/q+1. The average Bonchev–Trinajstić information content (AvgIpc) is 2.67. The third-order valence-electron chi connectivity index (χ3n) is 4.84. The highest BCUT2D eigenvalue weighted by Crippen LogP contribution is 2.12. The van der Waals surface area contributed by atoms with Crippen molar-refractivity contribution in [3.8, 4) is 0 Å². The highest BCUT2D eigenvalue weighted by atomic mass is 16.5. The first-order valence-electron chi connectivity index (χ1n) is 10.9. The summed E-state index contributed by atoms with van der Waals surface area (Å²) >= 11 is 0. The van der Waals surface area contributed by atoms with Crippen molar-refractivity contribution in [2.45, 2.75) is 103 Å². The van der Waals surface area contributed by atoms with Gasteiger partial charge in [-0.25, -0.2) is 4.57 Å². The van der Waals surface area contributed by atoms with E-state index in [0.29, 0.717) is 13.0 Å². The molecule has 0 amide bonds. The quantitative estimate of drug-likeness (QED) is 0.193. The summed E-state index contributed by atoms with van der Waals surface area (Å²) in [5, 5.41) is 0. The fourth-order valence-corrected chi connectivity index (χ4v) is 3.20. The van der Waals surface area contributed by atoms with Gasteiger partial charge in [-0.1, -0.05) is 83.6 Å². The maximum absolute atomic E-state index is 11.7. The van der Waals surface area contributed by atoms with Gasteiger partial charge in [0.1, 0.15) is 0 Å². The van der Waals surface area contributed by atoms with Crippen LogP contribution in [0.5, 0.6) is 0 Å². The monoisotopic (exact) mass is 362 g/mol. The maximum Gasteiger partial charge on any atom is 0.305 e. The minimum atomic E-state index is -0.0323. The summed E-state index contributed by atoms with van der Waals surface area (Å²) in [6.45, 7) is 3.69. The smallest absolute Gasteiger partial charge is 0.305 e. The average molecular weight is 363 g/mol. The van der Waals surface area contributed by atoms with Crippen molar-refractivity contribution in [1.29, 1.82) is 0 Å². The van der Waals surface area contributed by atoms with Crippen LogP contribution in [0.2, 0.25) is 0 Å². The molecule has 3 heteroatoms. The molecule has 0 N–H and O–H groups in total. The van der Waals surface area contributed by atoms with Crippen LogP contribution >= 0.6 is 0 Å². The van der Waals surface area contributed by atoms with Gasteiger partial charge < -0.3 is 4.74 Å². The highest BCUT2D eigenvalue weighted by molar-refractivity contribution is 5.69. The summed E-state index contributed by atoms with van der Waals surface area (Å²) in [5.41, 5.74) is 0. The minimum Gasteiger partial charge on any atom is -0.465 e. The number of unbranched alkanes of at least 4 members (excludes halogenated alkanes) is 11. The summed E-state index contributed by atoms with van der Waals surface area (Å²) in [4.78, 5) is 11.7. The summed E-state index contributed by atoms with van der Waals surface area (Å²) in [7, 11) is 0. The van der Waals surface area contributed by atoms with E-state index in [1.54, 1.807) is 0 Å². The van der Waals surface area contributed by atoms with Gasteiger partial charge in [0.15, 0.2) is 18.9 Å². The number of hydrogen-bond acceptors (Lipinski definition) is 2. The lowest BCUT2D eigenvalue weighted by molar-refractivity contribution is -0.697. The van der Waals surface area contributed by atoms with E-state index < -0.39 is 0 Å². The van der Waals surface area contributed by atoms with Gasteiger partial charge >= 0.3 is 5.97 Å². The lowest BCUT2D eigenvalue weighted by Crippen LogP contribution is -2.32. The molecule has 0 bridgehead atoms. The fourth-order valence-electron chi connectivity index (χ4n) is 3.20. The first-order chi connectivity index (χ1) is 12.8. The van der Waals surface area contributed by atoms with Crippen LogP contribution in [-0.4, -0.2) is 12.6 Å². The molecular weight excluding hydrogens is 322 g/mol. The third kappa shape index (κ3) is 13.9. The van der Waals surface area contributed by atoms with Crippen LogP contribution in [0.4, 0.5) is 0 Å². The number of aryl methyl sites for hydroxylation is 1. The van der Waals surface area contributed by atoms with Crippen LogP contribution in [0.15, 0.2) is 30.6 Å². The maximum atomic E-state index is 11.7. The molecule has 0 saturated heterocycles. The summed E-state index contributed by atoms with van der Waals surface area (Å²) < 4.78 is 7.42. The Morgan fingerprint density at radius 3 is 1.85 bits per heavy atom. The molecule has 0 saturated carbocycles. The second-order valence-corrected chi connectivity index (χ2v) is 7.33. The number of ether oxygens (including phenoxy) is 1. The number of pyridine rings is 1. The van der Waals surface area contributed by atoms with E-state index in [0.717, 1.165) is 25.8 Å². The Bertz CT molecular complexity index is 433. The topological polar surface area (TPSA) is 30.2 Å². The Hall–Kier alpha value is -1.38. The Kier molecular flexibility index (Phi) is 14.9. The van der Waals surface area contributed by atoms with Crippen LogP contribution in [0.25, 0.3) is 0 Å². The third-order valence-corrected chi connectivity index (χ3v) is 4.84. The zero-order chi connectivity index (χ0) is 18.7. The predicted octanol–water partition coefficient (Wildman–Crippen LogP) is 6.00. The lowest BCUT2D eigenvalue weighted by atomic mass is 10.0. The van der Waals surface area contributed by atoms with Gasteiger partial charge in [0.2, 0.25) is 0 Å². The molecule has 0 unspecified atom stereocenters. The minimum absolute atomic E-state index is 0.0323. The van der Waals surface area contributed by atoms with Crippen molar-refractivity contribution >= 4 is 5.97 Å². The van der Waals surface area contributed by atoms with Crippen LogP contribution < -0.4 is 4.57 Å². The van der Waals surface area contributed by atoms with E-state index in [9.17, 15) is 4.79 Å². The number of nitrogens with zero attached hydrogens (tertiary/aromatic N) is 1. The largest absolute Gasteiger partial charge is 0.465 e. The van der Waals surface area contributed by atoms with Gasteiger partial charge in [-0.3, -0.25) is 4.79 Å². The SMILES string of the molecule is CCCCCCCCCCCCCCC(=O)OCCC[n+]1ccccc1. The van der Waals surface area contributed by atoms with Crippen molar-refractivity contribution in [2.75, 3.05) is 6.61 Å². The Labute approximate surface area is 161 Å². The van der Waals surface area contributed by atoms with Gasteiger partial charge in [0.05, 0.1) is 6.61 Å². The van der Waals surface area contributed by atoms with Gasteiger partial charge in [-0.15, -0.1) is 0 Å². The molecule has 1 aromatic rings. The Morgan fingerprint density at radius 2 is 1.27 bits per heavy atom. The van der Waals surface area contributed by atoms with Crippen molar-refractivity contribution in [3.63, 3.8) is 0 Å². The first kappa shape index (κ1) is 22.7. The second kappa shape index (κ2) is 17.1. The normalized spacial score (nSPS) is 10.8. The van der Waals surface area contributed by atoms with Crippen LogP contribution in [0, 0.1) is 0 Å². The molecular formula is C23H40NO2+. The molecule has 0 aliphatic carbocycles. The van der Waals surface area contributed by atoms with Crippen molar-refractivity contribution in [2.24, 2.45) is 0 Å². The summed E-state index contributed by atoms with van der Waals surface area (Å²) in [5.74, 6) is -0.0323. The molecule has 0 atom stereocenters. The molecule has 1 aromatic heterocycles. The molecule has 26 heavy (non-hydrogen) atoms. The number of aromatic nitrogens is 1. The second-order valence-electron chi connectivity index (χ2n) is 7.33. The molecule has 148 valence electrons. The highest BCUT2D eigenvalue weighted by Gasteiger charge is 2.04. The number of esters is 1. The van der Waals surface area contributed by atoms with E-state index in [4.69, 9.17) is 4.74 Å². The van der Waals surface area contributed by atoms with Crippen molar-refractivity contribution in [1.82, 2.24) is 0 Å². The van der Waals surface area contributed by atoms with E-state index >= 15 is 0 Å². The fraction of sp³-hybridized carbons (Fsp3) is 0.739. The van der Waals surface area contributed by atoms with Crippen LogP contribution in [-0.2, 0) is 16.1 Å². The van der Waals surface area contributed by atoms with E-state index in [1.165, 1.54) is 64.2 Å². The molecule has 1 heterocycles. The number of carbonyl (C=O) groups excluding carboxylic acids is 1. The van der Waals surface area contributed by atoms with Crippen molar-refractivity contribution in [3.05, 3.63) is 30.6 Å². The zero-order valence-electron chi connectivity index (χ0n) is 17.0. The predicted molar refractivity (Wildman–Crippen MR) is 108 cm³/mol. The van der Waals surface area contributed by atoms with Crippen LogP contribution in [0.3, 0.4) is 0 Å². The molecule has 0 radical (unpaired) electrons. The van der Waals surface area contributed by atoms with E-state index in [-0.39, 0.29) is 5.97 Å². The molecule has 1 rings (SSSR count). The molecule has 0 spiro atoms. The van der Waals surface area contributed by atoms with Gasteiger partial charge in [0, 0.05) is 25.0 Å². The van der Waals surface area contributed by atoms with Gasteiger partial charge in [-0.05, 0) is 6.42 Å². The van der Waals surface area contributed by atoms with Crippen LogP contribution in [0.1, 0.15) is 96.8 Å². The van der Waals surface area contributed by atoms with E-state index in [1.807, 2.05) is 30.6 Å². The number of hydrogen-bond donors (Lipinski definition) is 0. The number of rotatable bonds is 17. The molecule has 0 aromatic carbocycles. The molecule has 0 aliphatic rings. The summed E-state index contributed by atoms with van der Waals surface area (Å²) in [6, 6.07) is 6.03. The zero-order valence-corrected chi connectivity index (χ0v) is 17.0. The lowest BCUT2D eigenvalue weighted by Gasteiger charge is -2.04. The first-order valence-corrected chi connectivity index (χ1v) is 10.9. The molecule has 0 aliphatic heterocycles. The Morgan fingerprint density at radius 1 is 0.731 bits per heavy atom. The van der Waals surface area contributed by atoms with Gasteiger partial charge in [-0.2, -0.15) is 0 Å². The number of carbonyl (C=O) groups is 1.